The van der Waals surface area contributed by atoms with E-state index in [1.165, 1.54) is 0 Å². The van der Waals surface area contributed by atoms with Crippen LogP contribution in [-0.4, -0.2) is 48.5 Å². The lowest BCUT2D eigenvalue weighted by Gasteiger charge is -2.27. The van der Waals surface area contributed by atoms with Gasteiger partial charge in [-0.2, -0.15) is 11.8 Å². The van der Waals surface area contributed by atoms with Gasteiger partial charge in [0, 0.05) is 26.2 Å². The zero-order valence-corrected chi connectivity index (χ0v) is 10.3. The summed E-state index contributed by atoms with van der Waals surface area (Å²) in [4.78, 5) is 13.5. The van der Waals surface area contributed by atoms with E-state index in [0.29, 0.717) is 11.7 Å². The summed E-state index contributed by atoms with van der Waals surface area (Å²) in [5.41, 5.74) is 0. The van der Waals surface area contributed by atoms with E-state index in [9.17, 15) is 4.79 Å². The summed E-state index contributed by atoms with van der Waals surface area (Å²) in [6.45, 7) is 5.80. The summed E-state index contributed by atoms with van der Waals surface area (Å²) in [5, 5.41) is 3.24. The van der Waals surface area contributed by atoms with E-state index in [-0.39, 0.29) is 12.4 Å². The highest BCUT2D eigenvalue weighted by Gasteiger charge is 2.15. The van der Waals surface area contributed by atoms with Crippen LogP contribution in [0.25, 0.3) is 0 Å². The monoisotopic (exact) mass is 238 g/mol. The summed E-state index contributed by atoms with van der Waals surface area (Å²) in [5.74, 6) is 2.06. The highest BCUT2D eigenvalue weighted by molar-refractivity contribution is 7.99. The van der Waals surface area contributed by atoms with Gasteiger partial charge < -0.3 is 10.2 Å². The Morgan fingerprint density at radius 3 is 2.64 bits per heavy atom. The third-order valence-electron chi connectivity index (χ3n) is 2.04. The molecule has 0 aromatic rings. The Labute approximate surface area is 96.4 Å². The third kappa shape index (κ3) is 5.08. The molecule has 1 aliphatic heterocycles. The molecule has 1 fully saturated rings. The molecule has 1 rings (SSSR count). The summed E-state index contributed by atoms with van der Waals surface area (Å²) in [7, 11) is 0. The van der Waals surface area contributed by atoms with E-state index in [0.717, 1.165) is 38.4 Å². The van der Waals surface area contributed by atoms with Crippen LogP contribution >= 0.6 is 24.2 Å². The zero-order valence-electron chi connectivity index (χ0n) is 8.62. The fraction of sp³-hybridized carbons (Fsp3) is 0.889. The molecule has 1 heterocycles. The van der Waals surface area contributed by atoms with Gasteiger partial charge in [0.15, 0.2) is 0 Å². The lowest BCUT2D eigenvalue weighted by Crippen LogP contribution is -2.47. The number of carbonyl (C=O) groups excluding carboxylic acids is 1. The first-order valence-corrected chi connectivity index (χ1v) is 6.06. The average Bonchev–Trinajstić information content (AvgIpc) is 2.19. The highest BCUT2D eigenvalue weighted by atomic mass is 35.5. The van der Waals surface area contributed by atoms with E-state index in [1.807, 2.05) is 4.90 Å². The first-order chi connectivity index (χ1) is 6.34. The maximum Gasteiger partial charge on any atom is 0.232 e. The van der Waals surface area contributed by atoms with Gasteiger partial charge >= 0.3 is 0 Å². The molecule has 1 saturated heterocycles. The van der Waals surface area contributed by atoms with E-state index in [4.69, 9.17) is 0 Å². The maximum absolute atomic E-state index is 11.6. The summed E-state index contributed by atoms with van der Waals surface area (Å²) in [6, 6.07) is 0. The fourth-order valence-corrected chi connectivity index (χ4v) is 2.10. The number of hydrogen-bond donors (Lipinski definition) is 1. The molecule has 0 aromatic heterocycles. The van der Waals surface area contributed by atoms with Crippen molar-refractivity contribution in [3.63, 3.8) is 0 Å². The van der Waals surface area contributed by atoms with Crippen molar-refractivity contribution in [2.45, 2.75) is 13.3 Å². The highest BCUT2D eigenvalue weighted by Crippen LogP contribution is 2.04. The number of halogens is 1. The maximum atomic E-state index is 11.6. The number of hydrogen-bond acceptors (Lipinski definition) is 3. The molecule has 1 N–H and O–H groups in total. The summed E-state index contributed by atoms with van der Waals surface area (Å²) >= 11 is 1.74. The zero-order chi connectivity index (χ0) is 9.52. The summed E-state index contributed by atoms with van der Waals surface area (Å²) < 4.78 is 0. The Kier molecular flexibility index (Phi) is 8.43. The minimum absolute atomic E-state index is 0. The quantitative estimate of drug-likeness (QED) is 0.742. The average molecular weight is 239 g/mol. The Balaban J connectivity index is 0.00000169. The molecule has 0 saturated carbocycles. The van der Waals surface area contributed by atoms with Crippen LogP contribution in [0, 0.1) is 0 Å². The molecule has 0 bridgehead atoms. The van der Waals surface area contributed by atoms with Gasteiger partial charge in [0.1, 0.15) is 0 Å². The van der Waals surface area contributed by atoms with E-state index >= 15 is 0 Å². The van der Waals surface area contributed by atoms with Gasteiger partial charge in [-0.05, 0) is 12.2 Å². The minimum Gasteiger partial charge on any atom is -0.339 e. The van der Waals surface area contributed by atoms with Crippen molar-refractivity contribution in [3.05, 3.63) is 0 Å². The van der Waals surface area contributed by atoms with Gasteiger partial charge in [0.05, 0.1) is 5.75 Å². The standard InChI is InChI=1S/C9H18N2OS.ClH/c1-2-7-13-8-9(12)11-5-3-10-4-6-11;/h10H,2-8H2,1H3;1H. The number of rotatable bonds is 4. The molecule has 0 spiro atoms. The molecule has 1 amide bonds. The Bertz CT molecular complexity index is 163. The van der Waals surface area contributed by atoms with Crippen LogP contribution in [-0.2, 0) is 4.79 Å². The molecular weight excluding hydrogens is 220 g/mol. The van der Waals surface area contributed by atoms with Crippen LogP contribution in [0.15, 0.2) is 0 Å². The van der Waals surface area contributed by atoms with E-state index < -0.39 is 0 Å². The van der Waals surface area contributed by atoms with Gasteiger partial charge in [0.2, 0.25) is 5.91 Å². The number of nitrogens with zero attached hydrogens (tertiary/aromatic N) is 1. The molecule has 1 aliphatic rings. The van der Waals surface area contributed by atoms with Gasteiger partial charge in [-0.3, -0.25) is 4.79 Å². The van der Waals surface area contributed by atoms with Crippen LogP contribution in [0.1, 0.15) is 13.3 Å². The number of piperazine rings is 1. The largest absolute Gasteiger partial charge is 0.339 e. The SMILES string of the molecule is CCCSCC(=O)N1CCNCC1.Cl. The Morgan fingerprint density at radius 2 is 2.07 bits per heavy atom. The summed E-state index contributed by atoms with van der Waals surface area (Å²) in [6.07, 6.45) is 1.15. The molecular formula is C9H19ClN2OS. The van der Waals surface area contributed by atoms with Crippen molar-refractivity contribution in [2.75, 3.05) is 37.7 Å². The second kappa shape index (κ2) is 8.38. The predicted octanol–water partition coefficient (Wildman–Crippen LogP) is 0.983. The van der Waals surface area contributed by atoms with Crippen molar-refractivity contribution in [1.82, 2.24) is 10.2 Å². The molecule has 0 aromatic carbocycles. The lowest BCUT2D eigenvalue weighted by atomic mass is 10.3. The van der Waals surface area contributed by atoms with Gasteiger partial charge in [-0.1, -0.05) is 6.92 Å². The van der Waals surface area contributed by atoms with Crippen LogP contribution in [0.4, 0.5) is 0 Å². The molecule has 0 aliphatic carbocycles. The van der Waals surface area contributed by atoms with Gasteiger partial charge in [0.25, 0.3) is 0 Å². The van der Waals surface area contributed by atoms with Gasteiger partial charge in [-0.15, -0.1) is 12.4 Å². The molecule has 0 unspecified atom stereocenters. The van der Waals surface area contributed by atoms with Crippen LogP contribution < -0.4 is 5.32 Å². The second-order valence-corrected chi connectivity index (χ2v) is 4.29. The Hall–Kier alpha value is 0.0700. The van der Waals surface area contributed by atoms with Crippen molar-refractivity contribution < 1.29 is 4.79 Å². The lowest BCUT2D eigenvalue weighted by molar-refractivity contribution is -0.128. The van der Waals surface area contributed by atoms with E-state index in [2.05, 4.69) is 12.2 Å². The molecule has 0 atom stereocenters. The first kappa shape index (κ1) is 14.1. The van der Waals surface area contributed by atoms with Crippen molar-refractivity contribution in [2.24, 2.45) is 0 Å². The number of amides is 1. The predicted molar refractivity (Wildman–Crippen MR) is 64.3 cm³/mol. The molecule has 0 radical (unpaired) electrons. The molecule has 14 heavy (non-hydrogen) atoms. The third-order valence-corrected chi connectivity index (χ3v) is 3.19. The van der Waals surface area contributed by atoms with Crippen molar-refractivity contribution in [3.8, 4) is 0 Å². The minimum atomic E-state index is 0. The van der Waals surface area contributed by atoms with Crippen molar-refractivity contribution in [1.29, 1.82) is 0 Å². The van der Waals surface area contributed by atoms with Crippen molar-refractivity contribution >= 4 is 30.1 Å². The second-order valence-electron chi connectivity index (χ2n) is 3.18. The van der Waals surface area contributed by atoms with Crippen LogP contribution in [0.5, 0.6) is 0 Å². The van der Waals surface area contributed by atoms with E-state index in [1.54, 1.807) is 11.8 Å². The van der Waals surface area contributed by atoms with Crippen LogP contribution in [0.3, 0.4) is 0 Å². The number of thioether (sulfide) groups is 1. The molecule has 3 nitrogen and oxygen atoms in total. The van der Waals surface area contributed by atoms with Gasteiger partial charge in [-0.25, -0.2) is 0 Å². The van der Waals surface area contributed by atoms with Crippen LogP contribution in [0.2, 0.25) is 0 Å². The number of nitrogens with one attached hydrogen (secondary N) is 1. The topological polar surface area (TPSA) is 32.3 Å². The molecule has 5 heteroatoms. The Morgan fingerprint density at radius 1 is 1.43 bits per heavy atom. The number of carbonyl (C=O) groups is 1. The fourth-order valence-electron chi connectivity index (χ4n) is 1.31. The smallest absolute Gasteiger partial charge is 0.232 e. The first-order valence-electron chi connectivity index (χ1n) is 4.91. The molecule has 84 valence electrons. The normalized spacial score (nSPS) is 16.2.